The number of benzene rings is 1. The Morgan fingerprint density at radius 2 is 1.88 bits per heavy atom. The molecule has 0 aliphatic heterocycles. The Morgan fingerprint density at radius 3 is 2.47 bits per heavy atom. The highest BCUT2D eigenvalue weighted by Gasteiger charge is 2.09. The molecule has 1 aromatic heterocycles. The lowest BCUT2D eigenvalue weighted by Crippen LogP contribution is -2.37. The van der Waals surface area contributed by atoms with Crippen LogP contribution in [0.2, 0.25) is 0 Å². The van der Waals surface area contributed by atoms with E-state index < -0.39 is 11.2 Å². The van der Waals surface area contributed by atoms with E-state index in [4.69, 9.17) is 5.84 Å². The van der Waals surface area contributed by atoms with Crippen LogP contribution < -0.4 is 22.1 Å². The SMILES string of the molecule is CN(N)c1cc(=O)[nH]c(=O)n1-c1ccccc1. The van der Waals surface area contributed by atoms with E-state index in [-0.39, 0.29) is 0 Å². The van der Waals surface area contributed by atoms with Gasteiger partial charge in [0.15, 0.2) is 0 Å². The number of anilines is 1. The maximum atomic E-state index is 11.8. The first kappa shape index (κ1) is 11.2. The number of hydrogen-bond donors (Lipinski definition) is 2. The average Bonchev–Trinajstić information content (AvgIpc) is 2.29. The third-order valence-corrected chi connectivity index (χ3v) is 2.30. The number of H-pyrrole nitrogens is 1. The fourth-order valence-corrected chi connectivity index (χ4v) is 1.57. The number of nitrogens with zero attached hydrogens (tertiary/aromatic N) is 2. The van der Waals surface area contributed by atoms with Gasteiger partial charge in [0.1, 0.15) is 5.82 Å². The number of hydrazine groups is 1. The summed E-state index contributed by atoms with van der Waals surface area (Å²) in [5.74, 6) is 5.93. The molecule has 1 aromatic carbocycles. The first-order chi connectivity index (χ1) is 8.09. The molecule has 6 heteroatoms. The molecule has 0 spiro atoms. The molecule has 0 fully saturated rings. The predicted molar refractivity (Wildman–Crippen MR) is 65.3 cm³/mol. The molecule has 0 aliphatic carbocycles. The van der Waals surface area contributed by atoms with Crippen LogP contribution in [0.3, 0.4) is 0 Å². The van der Waals surface area contributed by atoms with Crippen LogP contribution in [-0.2, 0) is 0 Å². The molecule has 0 unspecified atom stereocenters. The smallest absolute Gasteiger partial charge is 0.299 e. The van der Waals surface area contributed by atoms with E-state index in [9.17, 15) is 9.59 Å². The summed E-state index contributed by atoms with van der Waals surface area (Å²) >= 11 is 0. The monoisotopic (exact) mass is 232 g/mol. The van der Waals surface area contributed by atoms with Crippen LogP contribution in [0, 0.1) is 0 Å². The third kappa shape index (κ3) is 2.11. The van der Waals surface area contributed by atoms with Crippen molar-refractivity contribution in [1.29, 1.82) is 0 Å². The second-order valence-electron chi connectivity index (χ2n) is 3.58. The van der Waals surface area contributed by atoms with Gasteiger partial charge >= 0.3 is 5.69 Å². The van der Waals surface area contributed by atoms with Crippen molar-refractivity contribution in [3.8, 4) is 5.69 Å². The van der Waals surface area contributed by atoms with Gasteiger partial charge in [-0.2, -0.15) is 0 Å². The molecule has 0 saturated carbocycles. The van der Waals surface area contributed by atoms with E-state index in [0.29, 0.717) is 11.5 Å². The number of hydrogen-bond acceptors (Lipinski definition) is 4. The fraction of sp³-hybridized carbons (Fsp3) is 0.0909. The Balaban J connectivity index is 2.77. The van der Waals surface area contributed by atoms with E-state index in [2.05, 4.69) is 4.98 Å². The van der Waals surface area contributed by atoms with Gasteiger partial charge in [0.05, 0.1) is 5.69 Å². The highest BCUT2D eigenvalue weighted by atomic mass is 16.2. The summed E-state index contributed by atoms with van der Waals surface area (Å²) in [6.45, 7) is 0. The van der Waals surface area contributed by atoms with Crippen LogP contribution in [0.25, 0.3) is 5.69 Å². The standard InChI is InChI=1S/C11H12N4O2/c1-14(12)10-7-9(16)13-11(17)15(10)8-5-3-2-4-6-8/h2-7H,12H2,1H3,(H,13,16,17). The minimum absolute atomic E-state index is 0.324. The summed E-state index contributed by atoms with van der Waals surface area (Å²) < 4.78 is 1.33. The van der Waals surface area contributed by atoms with Crippen molar-refractivity contribution in [2.45, 2.75) is 0 Å². The van der Waals surface area contributed by atoms with E-state index in [1.807, 2.05) is 6.07 Å². The van der Waals surface area contributed by atoms with Gasteiger partial charge in [-0.1, -0.05) is 18.2 Å². The summed E-state index contributed by atoms with van der Waals surface area (Å²) in [7, 11) is 1.56. The van der Waals surface area contributed by atoms with Crippen molar-refractivity contribution in [3.63, 3.8) is 0 Å². The number of rotatable bonds is 2. The van der Waals surface area contributed by atoms with Crippen molar-refractivity contribution in [2.24, 2.45) is 5.84 Å². The maximum absolute atomic E-state index is 11.8. The number of nitrogens with one attached hydrogen (secondary N) is 1. The van der Waals surface area contributed by atoms with Gasteiger partial charge in [0, 0.05) is 13.1 Å². The largest absolute Gasteiger partial charge is 0.334 e. The van der Waals surface area contributed by atoms with Gasteiger partial charge in [-0.05, 0) is 12.1 Å². The lowest BCUT2D eigenvalue weighted by molar-refractivity contribution is 0.840. The van der Waals surface area contributed by atoms with Crippen LogP contribution in [-0.4, -0.2) is 16.6 Å². The molecule has 0 aliphatic rings. The van der Waals surface area contributed by atoms with Gasteiger partial charge in [-0.15, -0.1) is 0 Å². The fourth-order valence-electron chi connectivity index (χ4n) is 1.57. The Morgan fingerprint density at radius 1 is 1.24 bits per heavy atom. The molecule has 0 amide bonds. The lowest BCUT2D eigenvalue weighted by Gasteiger charge is -2.17. The average molecular weight is 232 g/mol. The minimum Gasteiger partial charge on any atom is -0.299 e. The Hall–Kier alpha value is -2.34. The first-order valence-corrected chi connectivity index (χ1v) is 5.00. The van der Waals surface area contributed by atoms with Crippen LogP contribution in [0.5, 0.6) is 0 Å². The van der Waals surface area contributed by atoms with Crippen LogP contribution in [0.1, 0.15) is 0 Å². The summed E-state index contributed by atoms with van der Waals surface area (Å²) in [5, 5.41) is 1.23. The van der Waals surface area contributed by atoms with Gasteiger partial charge in [-0.3, -0.25) is 14.8 Å². The first-order valence-electron chi connectivity index (χ1n) is 5.00. The molecule has 0 atom stereocenters. The van der Waals surface area contributed by atoms with Crippen LogP contribution in [0.15, 0.2) is 46.0 Å². The highest BCUT2D eigenvalue weighted by molar-refractivity contribution is 5.45. The molecule has 0 saturated heterocycles. The molecular weight excluding hydrogens is 220 g/mol. The van der Waals surface area contributed by atoms with Gasteiger partial charge in [-0.25, -0.2) is 15.2 Å². The molecule has 2 rings (SSSR count). The summed E-state index contributed by atoms with van der Waals surface area (Å²) in [5.41, 5.74) is -0.355. The van der Waals surface area contributed by atoms with E-state index in [1.54, 1.807) is 31.3 Å². The maximum Gasteiger partial charge on any atom is 0.334 e. The molecule has 17 heavy (non-hydrogen) atoms. The summed E-state index contributed by atoms with van der Waals surface area (Å²) in [6, 6.07) is 10.2. The Labute approximate surface area is 96.9 Å². The van der Waals surface area contributed by atoms with Gasteiger partial charge in [0.25, 0.3) is 5.56 Å². The van der Waals surface area contributed by atoms with Crippen molar-refractivity contribution in [1.82, 2.24) is 9.55 Å². The molecular formula is C11H12N4O2. The second-order valence-corrected chi connectivity index (χ2v) is 3.58. The number of aromatic nitrogens is 2. The number of nitrogens with two attached hydrogens (primary N) is 1. The molecule has 88 valence electrons. The zero-order valence-electron chi connectivity index (χ0n) is 9.25. The van der Waals surface area contributed by atoms with Crippen molar-refractivity contribution in [3.05, 3.63) is 57.2 Å². The topological polar surface area (TPSA) is 84.1 Å². The Bertz CT molecular complexity index is 628. The predicted octanol–water partition coefficient (Wildman–Crippen LogP) is -0.164. The van der Waals surface area contributed by atoms with E-state index in [1.165, 1.54) is 15.6 Å². The normalized spacial score (nSPS) is 10.2. The van der Waals surface area contributed by atoms with Crippen molar-refractivity contribution >= 4 is 5.82 Å². The van der Waals surface area contributed by atoms with E-state index >= 15 is 0 Å². The zero-order chi connectivity index (χ0) is 12.4. The number of para-hydroxylation sites is 1. The summed E-state index contributed by atoms with van der Waals surface area (Å²) in [6.07, 6.45) is 0. The molecule has 3 N–H and O–H groups in total. The Kier molecular flexibility index (Phi) is 2.80. The second kappa shape index (κ2) is 4.26. The lowest BCUT2D eigenvalue weighted by atomic mass is 10.3. The summed E-state index contributed by atoms with van der Waals surface area (Å²) in [4.78, 5) is 25.2. The van der Waals surface area contributed by atoms with Crippen molar-refractivity contribution in [2.75, 3.05) is 12.1 Å². The number of aromatic amines is 1. The van der Waals surface area contributed by atoms with Crippen LogP contribution in [0.4, 0.5) is 5.82 Å². The molecule has 6 nitrogen and oxygen atoms in total. The van der Waals surface area contributed by atoms with Crippen molar-refractivity contribution < 1.29 is 0 Å². The quantitative estimate of drug-likeness (QED) is 0.556. The minimum atomic E-state index is -0.518. The molecule has 2 aromatic rings. The molecule has 0 bridgehead atoms. The van der Waals surface area contributed by atoms with Gasteiger partial charge < -0.3 is 0 Å². The molecule has 0 radical (unpaired) electrons. The van der Waals surface area contributed by atoms with Crippen LogP contribution >= 0.6 is 0 Å². The van der Waals surface area contributed by atoms with E-state index in [0.717, 1.165) is 0 Å². The molecule has 1 heterocycles. The van der Waals surface area contributed by atoms with Gasteiger partial charge in [0.2, 0.25) is 0 Å². The zero-order valence-corrected chi connectivity index (χ0v) is 9.25. The third-order valence-electron chi connectivity index (χ3n) is 2.30. The highest BCUT2D eigenvalue weighted by Crippen LogP contribution is 2.11.